The summed E-state index contributed by atoms with van der Waals surface area (Å²) in [6, 6.07) is 12.1. The van der Waals surface area contributed by atoms with Gasteiger partial charge in [0.05, 0.1) is 30.6 Å². The molecule has 6 nitrogen and oxygen atoms in total. The second-order valence-electron chi connectivity index (χ2n) is 7.09. The minimum atomic E-state index is 0.0252. The van der Waals surface area contributed by atoms with Crippen molar-refractivity contribution in [2.45, 2.75) is 31.6 Å². The lowest BCUT2D eigenvalue weighted by molar-refractivity contribution is -0.0303. The minimum Gasteiger partial charge on any atom is -0.371 e. The lowest BCUT2D eigenvalue weighted by Crippen LogP contribution is -2.45. The Balaban J connectivity index is 1.39. The fourth-order valence-electron chi connectivity index (χ4n) is 3.92. The van der Waals surface area contributed by atoms with E-state index in [1.165, 1.54) is 5.56 Å². The number of hydrogen-bond acceptors (Lipinski definition) is 4. The fraction of sp³-hybridized carbons (Fsp3) is 0.350. The van der Waals surface area contributed by atoms with Crippen molar-refractivity contribution in [3.8, 4) is 0 Å². The fourth-order valence-corrected chi connectivity index (χ4v) is 3.92. The minimum absolute atomic E-state index is 0.0252. The first-order valence-electron chi connectivity index (χ1n) is 9.06. The molecule has 2 aliphatic rings. The lowest BCUT2D eigenvalue weighted by atomic mass is 10.2. The zero-order valence-corrected chi connectivity index (χ0v) is 14.4. The predicted molar refractivity (Wildman–Crippen MR) is 96.9 cm³/mol. The summed E-state index contributed by atoms with van der Waals surface area (Å²) in [4.78, 5) is 23.7. The van der Waals surface area contributed by atoms with Crippen LogP contribution in [0, 0.1) is 0 Å². The molecule has 5 rings (SSSR count). The average Bonchev–Trinajstić information content (AvgIpc) is 3.24. The van der Waals surface area contributed by atoms with Gasteiger partial charge in [-0.05, 0) is 24.5 Å². The van der Waals surface area contributed by atoms with Gasteiger partial charge in [0.25, 0.3) is 5.91 Å². The van der Waals surface area contributed by atoms with Gasteiger partial charge in [0.15, 0.2) is 5.65 Å². The Hall–Kier alpha value is -2.73. The third kappa shape index (κ3) is 2.76. The van der Waals surface area contributed by atoms with Crippen LogP contribution in [0.4, 0.5) is 0 Å². The van der Waals surface area contributed by atoms with Crippen LogP contribution in [0.2, 0.25) is 0 Å². The zero-order valence-electron chi connectivity index (χ0n) is 14.4. The number of fused-ring (bicyclic) bond motifs is 3. The molecule has 1 amide bonds. The third-order valence-corrected chi connectivity index (χ3v) is 5.23. The SMILES string of the molecule is O=C(c1cnc2c(c1)ncn2Cc1ccccc1)N1C[C@H]2CC[C@@H](C1)O2. The smallest absolute Gasteiger partial charge is 0.255 e. The van der Waals surface area contributed by atoms with Gasteiger partial charge in [-0.2, -0.15) is 0 Å². The molecule has 0 radical (unpaired) electrons. The molecule has 1 aromatic carbocycles. The maximum atomic E-state index is 12.9. The van der Waals surface area contributed by atoms with Crippen molar-refractivity contribution >= 4 is 17.1 Å². The summed E-state index contributed by atoms with van der Waals surface area (Å²) in [7, 11) is 0. The Bertz CT molecular complexity index is 941. The summed E-state index contributed by atoms with van der Waals surface area (Å²) in [5.41, 5.74) is 3.34. The second kappa shape index (κ2) is 6.21. The monoisotopic (exact) mass is 348 g/mol. The van der Waals surface area contributed by atoms with E-state index in [9.17, 15) is 4.79 Å². The molecule has 26 heavy (non-hydrogen) atoms. The van der Waals surface area contributed by atoms with Gasteiger partial charge >= 0.3 is 0 Å². The number of aromatic nitrogens is 3. The maximum absolute atomic E-state index is 12.9. The highest BCUT2D eigenvalue weighted by Crippen LogP contribution is 2.27. The molecule has 0 spiro atoms. The number of morpholine rings is 1. The summed E-state index contributed by atoms with van der Waals surface area (Å²) < 4.78 is 7.83. The Morgan fingerprint density at radius 1 is 1.12 bits per heavy atom. The number of benzene rings is 1. The third-order valence-electron chi connectivity index (χ3n) is 5.23. The summed E-state index contributed by atoms with van der Waals surface area (Å²) in [5.74, 6) is 0.0252. The van der Waals surface area contributed by atoms with E-state index in [0.717, 1.165) is 24.0 Å². The van der Waals surface area contributed by atoms with Crippen molar-refractivity contribution in [1.82, 2.24) is 19.4 Å². The standard InChI is InChI=1S/C20H20N4O2/c25-20(23-11-16-6-7-17(12-23)26-16)15-8-18-19(21-9-15)24(13-22-18)10-14-4-2-1-3-5-14/h1-5,8-9,13,16-17H,6-7,10-12H2/t16-,17+. The molecule has 3 aromatic rings. The first-order valence-corrected chi connectivity index (χ1v) is 9.06. The Labute approximate surface area is 151 Å². The number of carbonyl (C=O) groups is 1. The van der Waals surface area contributed by atoms with Crippen LogP contribution in [0.1, 0.15) is 28.8 Å². The van der Waals surface area contributed by atoms with Gasteiger partial charge in [0.2, 0.25) is 0 Å². The van der Waals surface area contributed by atoms with Crippen LogP contribution < -0.4 is 0 Å². The van der Waals surface area contributed by atoms with Crippen LogP contribution in [0.5, 0.6) is 0 Å². The van der Waals surface area contributed by atoms with E-state index in [2.05, 4.69) is 22.1 Å². The second-order valence-corrected chi connectivity index (χ2v) is 7.09. The molecule has 0 aliphatic carbocycles. The average molecular weight is 348 g/mol. The molecule has 4 heterocycles. The van der Waals surface area contributed by atoms with Crippen LogP contribution in [0.25, 0.3) is 11.2 Å². The number of pyridine rings is 1. The highest BCUT2D eigenvalue weighted by Gasteiger charge is 2.36. The first-order chi connectivity index (χ1) is 12.8. The van der Waals surface area contributed by atoms with Gasteiger partial charge in [-0.1, -0.05) is 30.3 Å². The van der Waals surface area contributed by atoms with Crippen LogP contribution in [0.3, 0.4) is 0 Å². The van der Waals surface area contributed by atoms with E-state index in [4.69, 9.17) is 4.74 Å². The number of rotatable bonds is 3. The number of nitrogens with zero attached hydrogens (tertiary/aromatic N) is 4. The number of carbonyl (C=O) groups excluding carboxylic acids is 1. The highest BCUT2D eigenvalue weighted by atomic mass is 16.5. The van der Waals surface area contributed by atoms with Gasteiger partial charge in [-0.3, -0.25) is 4.79 Å². The molecule has 2 aliphatic heterocycles. The van der Waals surface area contributed by atoms with Crippen molar-refractivity contribution in [3.63, 3.8) is 0 Å². The molecule has 0 saturated carbocycles. The maximum Gasteiger partial charge on any atom is 0.255 e. The van der Waals surface area contributed by atoms with E-state index in [1.54, 1.807) is 12.5 Å². The molecule has 2 bridgehead atoms. The van der Waals surface area contributed by atoms with Gasteiger partial charge in [-0.15, -0.1) is 0 Å². The van der Waals surface area contributed by atoms with Gasteiger partial charge in [-0.25, -0.2) is 9.97 Å². The number of ether oxygens (including phenoxy) is 1. The van der Waals surface area contributed by atoms with Crippen LogP contribution in [0.15, 0.2) is 48.9 Å². The Morgan fingerprint density at radius 2 is 1.88 bits per heavy atom. The molecular weight excluding hydrogens is 328 g/mol. The molecule has 0 unspecified atom stereocenters. The van der Waals surface area contributed by atoms with Crippen molar-refractivity contribution in [3.05, 3.63) is 60.0 Å². The quantitative estimate of drug-likeness (QED) is 0.730. The number of likely N-dealkylation sites (tertiary alicyclic amines) is 1. The molecule has 132 valence electrons. The van der Waals surface area contributed by atoms with Crippen LogP contribution in [-0.2, 0) is 11.3 Å². The van der Waals surface area contributed by atoms with Crippen molar-refractivity contribution in [1.29, 1.82) is 0 Å². The Kier molecular flexibility index (Phi) is 3.71. The van der Waals surface area contributed by atoms with E-state index >= 15 is 0 Å². The van der Waals surface area contributed by atoms with Gasteiger partial charge in [0, 0.05) is 19.3 Å². The zero-order chi connectivity index (χ0) is 17.5. The summed E-state index contributed by atoms with van der Waals surface area (Å²) in [6.45, 7) is 2.07. The van der Waals surface area contributed by atoms with Gasteiger partial charge < -0.3 is 14.2 Å². The molecule has 0 N–H and O–H groups in total. The van der Waals surface area contributed by atoms with Gasteiger partial charge in [0.1, 0.15) is 5.52 Å². The molecule has 2 aromatic heterocycles. The number of imidazole rings is 1. The highest BCUT2D eigenvalue weighted by molar-refractivity contribution is 5.96. The van der Waals surface area contributed by atoms with E-state index < -0.39 is 0 Å². The number of hydrogen-bond donors (Lipinski definition) is 0. The molecular formula is C20H20N4O2. The molecule has 2 saturated heterocycles. The van der Waals surface area contributed by atoms with E-state index in [-0.39, 0.29) is 18.1 Å². The summed E-state index contributed by atoms with van der Waals surface area (Å²) >= 11 is 0. The topological polar surface area (TPSA) is 60.2 Å². The van der Waals surface area contributed by atoms with Crippen molar-refractivity contribution < 1.29 is 9.53 Å². The summed E-state index contributed by atoms with van der Waals surface area (Å²) in [5, 5.41) is 0. The number of amides is 1. The molecule has 2 atom stereocenters. The lowest BCUT2D eigenvalue weighted by Gasteiger charge is -2.32. The normalized spacial score (nSPS) is 22.1. The van der Waals surface area contributed by atoms with Crippen molar-refractivity contribution in [2.75, 3.05) is 13.1 Å². The Morgan fingerprint density at radius 3 is 2.65 bits per heavy atom. The summed E-state index contributed by atoms with van der Waals surface area (Å²) in [6.07, 6.45) is 5.95. The van der Waals surface area contributed by atoms with E-state index in [1.807, 2.05) is 33.7 Å². The predicted octanol–water partition coefficient (Wildman–Crippen LogP) is 2.48. The molecule has 6 heteroatoms. The molecule has 2 fully saturated rings. The van der Waals surface area contributed by atoms with Crippen molar-refractivity contribution in [2.24, 2.45) is 0 Å². The van der Waals surface area contributed by atoms with E-state index in [0.29, 0.717) is 25.2 Å². The van der Waals surface area contributed by atoms with Crippen LogP contribution in [-0.4, -0.2) is 50.6 Å². The van der Waals surface area contributed by atoms with Crippen LogP contribution >= 0.6 is 0 Å². The largest absolute Gasteiger partial charge is 0.371 e. The first kappa shape index (κ1) is 15.5.